The van der Waals surface area contributed by atoms with Gasteiger partial charge in [-0.1, -0.05) is 18.1 Å². The molecular weight excluding hydrogens is 447 g/mol. The maximum atomic E-state index is 14.4. The first-order chi connectivity index (χ1) is 15.6. The highest BCUT2D eigenvalue weighted by atomic mass is 32.2. The fourth-order valence-corrected chi connectivity index (χ4v) is 4.17. The molecule has 178 valence electrons. The van der Waals surface area contributed by atoms with E-state index >= 15 is 0 Å². The van der Waals surface area contributed by atoms with Crippen molar-refractivity contribution in [2.45, 2.75) is 37.4 Å². The molecule has 0 radical (unpaired) electrons. The van der Waals surface area contributed by atoms with Crippen LogP contribution in [0.15, 0.2) is 24.3 Å². The molecule has 1 unspecified atom stereocenters. The van der Waals surface area contributed by atoms with Gasteiger partial charge in [-0.15, -0.1) is 0 Å². The van der Waals surface area contributed by atoms with Crippen LogP contribution in [-0.2, 0) is 14.6 Å². The molecule has 1 aromatic carbocycles. The van der Waals surface area contributed by atoms with E-state index in [0.29, 0.717) is 38.9 Å². The molecule has 1 aliphatic rings. The zero-order valence-corrected chi connectivity index (χ0v) is 19.6. The summed E-state index contributed by atoms with van der Waals surface area (Å²) in [5.41, 5.74) is 3.45. The van der Waals surface area contributed by atoms with E-state index in [1.807, 2.05) is 11.0 Å². The van der Waals surface area contributed by atoms with Crippen LogP contribution in [0.4, 0.5) is 4.39 Å². The van der Waals surface area contributed by atoms with Crippen LogP contribution in [0.25, 0.3) is 5.57 Å². The molecule has 1 amide bonds. The number of hydrogen-bond acceptors (Lipinski definition) is 6. The van der Waals surface area contributed by atoms with Crippen LogP contribution in [-0.4, -0.2) is 66.8 Å². The summed E-state index contributed by atoms with van der Waals surface area (Å²) in [5.74, 6) is 9.36. The van der Waals surface area contributed by atoms with Crippen LogP contribution in [0, 0.1) is 29.5 Å². The molecule has 1 heterocycles. The van der Waals surface area contributed by atoms with Crippen LogP contribution in [0.3, 0.4) is 0 Å². The Bertz CT molecular complexity index is 1120. The van der Waals surface area contributed by atoms with E-state index in [1.165, 1.54) is 18.5 Å². The SMILES string of the molecule is CC(CCN1CC=C(c2ccc(C#CC#CCCCO)c(F)c2)CC1)(C(=O)NO)S(C)(=O)=O. The summed E-state index contributed by atoms with van der Waals surface area (Å²) in [6.45, 7) is 2.88. The van der Waals surface area contributed by atoms with Crippen molar-refractivity contribution in [3.8, 4) is 23.7 Å². The fraction of sp³-hybridized carbons (Fsp3) is 0.458. The van der Waals surface area contributed by atoms with Gasteiger partial charge in [-0.2, -0.15) is 0 Å². The molecule has 3 N–H and O–H groups in total. The lowest BCUT2D eigenvalue weighted by atomic mass is 9.97. The minimum atomic E-state index is -3.74. The van der Waals surface area contributed by atoms with Gasteiger partial charge in [0.05, 0.1) is 5.56 Å². The van der Waals surface area contributed by atoms with E-state index in [9.17, 15) is 17.6 Å². The number of carbonyl (C=O) groups excluding carboxylic acids is 1. The van der Waals surface area contributed by atoms with Gasteiger partial charge in [0.25, 0.3) is 5.91 Å². The number of halogens is 1. The molecule has 1 atom stereocenters. The summed E-state index contributed by atoms with van der Waals surface area (Å²) in [6, 6.07) is 4.86. The van der Waals surface area contributed by atoms with Crippen molar-refractivity contribution in [2.75, 3.05) is 32.5 Å². The standard InChI is InChI=1S/C24H29FN2O5S/c1-24(23(29)26-30,33(2,31)32)13-16-27-14-11-19(12-15-27)21-10-9-20(22(25)18-21)8-6-4-3-5-7-17-28/h9-11,18,28,30H,5,7,12-17H2,1-2H3,(H,26,29). The molecule has 33 heavy (non-hydrogen) atoms. The topological polar surface area (TPSA) is 107 Å². The van der Waals surface area contributed by atoms with Crippen LogP contribution >= 0.6 is 0 Å². The average Bonchev–Trinajstić information content (AvgIpc) is 2.79. The molecule has 1 aromatic rings. The van der Waals surface area contributed by atoms with E-state index < -0.39 is 26.3 Å². The highest BCUT2D eigenvalue weighted by Crippen LogP contribution is 2.26. The number of nitrogens with one attached hydrogen (secondary N) is 1. The Morgan fingerprint density at radius 3 is 2.67 bits per heavy atom. The van der Waals surface area contributed by atoms with Gasteiger partial charge < -0.3 is 5.11 Å². The third kappa shape index (κ3) is 7.15. The molecule has 1 aliphatic heterocycles. The van der Waals surface area contributed by atoms with E-state index in [0.717, 1.165) is 17.4 Å². The third-order valence-electron chi connectivity index (χ3n) is 5.75. The number of nitrogens with zero attached hydrogens (tertiary/aromatic N) is 1. The summed E-state index contributed by atoms with van der Waals surface area (Å²) < 4.78 is 36.9. The molecular formula is C24H29FN2O5S. The van der Waals surface area contributed by atoms with Crippen molar-refractivity contribution >= 4 is 21.3 Å². The first kappa shape index (κ1) is 26.6. The summed E-state index contributed by atoms with van der Waals surface area (Å²) in [6.07, 6.45) is 4.73. The zero-order chi connectivity index (χ0) is 24.5. The van der Waals surface area contributed by atoms with Gasteiger partial charge in [-0.25, -0.2) is 18.3 Å². The number of aliphatic hydroxyl groups excluding tert-OH is 1. The molecule has 0 saturated carbocycles. The Morgan fingerprint density at radius 2 is 2.09 bits per heavy atom. The van der Waals surface area contributed by atoms with Gasteiger partial charge in [0.1, 0.15) is 5.82 Å². The quantitative estimate of drug-likeness (QED) is 0.228. The number of hydroxylamine groups is 1. The predicted molar refractivity (Wildman–Crippen MR) is 124 cm³/mol. The number of benzene rings is 1. The summed E-state index contributed by atoms with van der Waals surface area (Å²) in [4.78, 5) is 13.9. The fourth-order valence-electron chi connectivity index (χ4n) is 3.32. The second kappa shape index (κ2) is 12.0. The molecule has 0 bridgehead atoms. The predicted octanol–water partition coefficient (Wildman–Crippen LogP) is 1.74. The number of carbonyl (C=O) groups is 1. The molecule has 0 spiro atoms. The highest BCUT2D eigenvalue weighted by Gasteiger charge is 2.43. The largest absolute Gasteiger partial charge is 0.396 e. The lowest BCUT2D eigenvalue weighted by Gasteiger charge is -2.31. The van der Waals surface area contributed by atoms with Crippen LogP contribution in [0.5, 0.6) is 0 Å². The van der Waals surface area contributed by atoms with Gasteiger partial charge >= 0.3 is 0 Å². The minimum absolute atomic E-state index is 0.0340. The van der Waals surface area contributed by atoms with Crippen molar-refractivity contribution in [2.24, 2.45) is 0 Å². The zero-order valence-electron chi connectivity index (χ0n) is 18.8. The highest BCUT2D eigenvalue weighted by molar-refractivity contribution is 7.92. The number of sulfone groups is 1. The van der Waals surface area contributed by atoms with E-state index in [-0.39, 0.29) is 18.6 Å². The third-order valence-corrected chi connectivity index (χ3v) is 7.77. The van der Waals surface area contributed by atoms with Gasteiger partial charge in [0, 0.05) is 38.9 Å². The summed E-state index contributed by atoms with van der Waals surface area (Å²) >= 11 is 0. The second-order valence-electron chi connectivity index (χ2n) is 8.05. The molecule has 0 saturated heterocycles. The van der Waals surface area contributed by atoms with E-state index in [1.54, 1.807) is 12.1 Å². The molecule has 0 aromatic heterocycles. The van der Waals surface area contributed by atoms with E-state index in [2.05, 4.69) is 23.7 Å². The van der Waals surface area contributed by atoms with Gasteiger partial charge in [0.15, 0.2) is 14.6 Å². The molecule has 0 fully saturated rings. The molecule has 7 nitrogen and oxygen atoms in total. The Labute approximate surface area is 194 Å². The lowest BCUT2D eigenvalue weighted by Crippen LogP contribution is -2.51. The lowest BCUT2D eigenvalue weighted by molar-refractivity contribution is -0.131. The smallest absolute Gasteiger partial charge is 0.264 e. The Kier molecular flexibility index (Phi) is 9.63. The van der Waals surface area contributed by atoms with Crippen LogP contribution < -0.4 is 5.48 Å². The van der Waals surface area contributed by atoms with Crippen molar-refractivity contribution in [1.29, 1.82) is 0 Å². The number of aliphatic hydroxyl groups is 1. The van der Waals surface area contributed by atoms with Crippen molar-refractivity contribution in [3.05, 3.63) is 41.2 Å². The normalized spacial score (nSPS) is 15.8. The number of amides is 1. The minimum Gasteiger partial charge on any atom is -0.396 e. The van der Waals surface area contributed by atoms with Crippen molar-refractivity contribution in [3.63, 3.8) is 0 Å². The van der Waals surface area contributed by atoms with Gasteiger partial charge in [0.2, 0.25) is 0 Å². The second-order valence-corrected chi connectivity index (χ2v) is 10.5. The Balaban J connectivity index is 2.02. The Hall–Kier alpha value is -2.69. The summed E-state index contributed by atoms with van der Waals surface area (Å²) in [7, 11) is -3.74. The molecule has 0 aliphatic carbocycles. The van der Waals surface area contributed by atoms with Gasteiger partial charge in [-0.3, -0.25) is 14.9 Å². The maximum Gasteiger partial charge on any atom is 0.264 e. The maximum absolute atomic E-state index is 14.4. The number of hydrogen-bond donors (Lipinski definition) is 3. The average molecular weight is 477 g/mol. The van der Waals surface area contributed by atoms with Crippen LogP contribution in [0.1, 0.15) is 43.7 Å². The molecule has 9 heteroatoms. The van der Waals surface area contributed by atoms with Crippen molar-refractivity contribution < 1.29 is 27.9 Å². The van der Waals surface area contributed by atoms with E-state index in [4.69, 9.17) is 10.3 Å². The monoisotopic (exact) mass is 476 g/mol. The Morgan fingerprint density at radius 1 is 1.33 bits per heavy atom. The molecule has 2 rings (SSSR count). The van der Waals surface area contributed by atoms with Gasteiger partial charge in [-0.05, 0) is 67.2 Å². The first-order valence-electron chi connectivity index (χ1n) is 10.6. The first-order valence-corrected chi connectivity index (χ1v) is 12.5. The number of unbranched alkanes of at least 4 members (excludes halogenated alkanes) is 1. The summed E-state index contributed by atoms with van der Waals surface area (Å²) in [5, 5.41) is 17.6. The number of rotatable bonds is 8. The van der Waals surface area contributed by atoms with Crippen LogP contribution in [0.2, 0.25) is 0 Å². The van der Waals surface area contributed by atoms with Crippen molar-refractivity contribution in [1.82, 2.24) is 10.4 Å².